The lowest BCUT2D eigenvalue weighted by atomic mass is 10.2. The van der Waals surface area contributed by atoms with E-state index in [0.717, 1.165) is 0 Å². The van der Waals surface area contributed by atoms with Crippen molar-refractivity contribution < 1.29 is 4.92 Å². The number of rotatable bonds is 2. The standard InChI is InChI=1S/C15H9ClN2O3/c16-11-7-6-10-8-14(18(20)21)15(19)17(13(10)9-11)12-4-2-1-3-5-12/h1-9H. The van der Waals surface area contributed by atoms with Gasteiger partial charge in [-0.05, 0) is 24.3 Å². The van der Waals surface area contributed by atoms with Crippen LogP contribution in [-0.2, 0) is 0 Å². The van der Waals surface area contributed by atoms with Gasteiger partial charge in [0.25, 0.3) is 0 Å². The molecule has 0 saturated carbocycles. The third kappa shape index (κ3) is 2.28. The maximum Gasteiger partial charge on any atom is 0.335 e. The van der Waals surface area contributed by atoms with E-state index in [1.165, 1.54) is 10.6 Å². The Kier molecular flexibility index (Phi) is 3.19. The predicted molar refractivity (Wildman–Crippen MR) is 81.2 cm³/mol. The molecule has 21 heavy (non-hydrogen) atoms. The molecule has 0 radical (unpaired) electrons. The van der Waals surface area contributed by atoms with Crippen LogP contribution < -0.4 is 5.56 Å². The van der Waals surface area contributed by atoms with Crippen LogP contribution in [0, 0.1) is 10.1 Å². The molecule has 0 fully saturated rings. The largest absolute Gasteiger partial charge is 0.335 e. The number of halogens is 1. The molecule has 3 aromatic rings. The van der Waals surface area contributed by atoms with Crippen LogP contribution in [-0.4, -0.2) is 9.49 Å². The van der Waals surface area contributed by atoms with Gasteiger partial charge in [0, 0.05) is 22.2 Å². The second-order valence-corrected chi connectivity index (χ2v) is 4.90. The molecule has 3 rings (SSSR count). The monoisotopic (exact) mass is 300 g/mol. The number of hydrogen-bond acceptors (Lipinski definition) is 3. The molecule has 5 nitrogen and oxygen atoms in total. The van der Waals surface area contributed by atoms with Gasteiger partial charge < -0.3 is 0 Å². The van der Waals surface area contributed by atoms with Gasteiger partial charge in [-0.3, -0.25) is 19.5 Å². The minimum Gasteiger partial charge on any atom is -0.271 e. The summed E-state index contributed by atoms with van der Waals surface area (Å²) in [4.78, 5) is 22.8. The lowest BCUT2D eigenvalue weighted by Gasteiger charge is -2.10. The summed E-state index contributed by atoms with van der Waals surface area (Å²) < 4.78 is 1.30. The first-order valence-corrected chi connectivity index (χ1v) is 6.51. The summed E-state index contributed by atoms with van der Waals surface area (Å²) in [6.07, 6.45) is 0. The van der Waals surface area contributed by atoms with Gasteiger partial charge in [-0.25, -0.2) is 0 Å². The van der Waals surface area contributed by atoms with Crippen LogP contribution >= 0.6 is 11.6 Å². The highest BCUT2D eigenvalue weighted by molar-refractivity contribution is 6.31. The quantitative estimate of drug-likeness (QED) is 0.537. The van der Waals surface area contributed by atoms with Crippen molar-refractivity contribution in [1.82, 2.24) is 4.57 Å². The van der Waals surface area contributed by atoms with Crippen LogP contribution in [0.15, 0.2) is 59.4 Å². The minimum atomic E-state index is -0.680. The molecular formula is C15H9ClN2O3. The zero-order valence-corrected chi connectivity index (χ0v) is 11.4. The van der Waals surface area contributed by atoms with Crippen molar-refractivity contribution in [2.24, 2.45) is 0 Å². The van der Waals surface area contributed by atoms with E-state index in [9.17, 15) is 14.9 Å². The van der Waals surface area contributed by atoms with Crippen LogP contribution in [0.1, 0.15) is 0 Å². The molecule has 1 heterocycles. The fourth-order valence-corrected chi connectivity index (χ4v) is 2.40. The molecule has 0 saturated heterocycles. The average Bonchev–Trinajstić information content (AvgIpc) is 2.47. The first-order chi connectivity index (χ1) is 10.1. The Morgan fingerprint density at radius 2 is 1.76 bits per heavy atom. The lowest BCUT2D eigenvalue weighted by molar-refractivity contribution is -0.386. The van der Waals surface area contributed by atoms with Crippen molar-refractivity contribution in [3.8, 4) is 5.69 Å². The van der Waals surface area contributed by atoms with Gasteiger partial charge in [-0.1, -0.05) is 35.9 Å². The highest BCUT2D eigenvalue weighted by atomic mass is 35.5. The second kappa shape index (κ2) is 5.03. The molecule has 0 atom stereocenters. The molecule has 104 valence electrons. The van der Waals surface area contributed by atoms with Gasteiger partial charge in [0.15, 0.2) is 0 Å². The second-order valence-electron chi connectivity index (χ2n) is 4.47. The maximum atomic E-state index is 12.4. The third-order valence-electron chi connectivity index (χ3n) is 3.16. The number of nitro groups is 1. The van der Waals surface area contributed by atoms with Crippen molar-refractivity contribution in [3.63, 3.8) is 0 Å². The SMILES string of the molecule is O=c1c([N+](=O)[O-])cc2ccc(Cl)cc2n1-c1ccccc1. The Hall–Kier alpha value is -2.66. The fourth-order valence-electron chi connectivity index (χ4n) is 2.23. The number of aromatic nitrogens is 1. The summed E-state index contributed by atoms with van der Waals surface area (Å²) in [5.41, 5.74) is -0.0580. The van der Waals surface area contributed by atoms with Crippen LogP contribution in [0.3, 0.4) is 0 Å². The summed E-state index contributed by atoms with van der Waals surface area (Å²) in [5, 5.41) is 12.1. The Labute approximate surface area is 124 Å². The Bertz CT molecular complexity index is 904. The van der Waals surface area contributed by atoms with Crippen molar-refractivity contribution in [2.75, 3.05) is 0 Å². The van der Waals surface area contributed by atoms with Crippen LogP contribution in [0.2, 0.25) is 5.02 Å². The highest BCUT2D eigenvalue weighted by Gasteiger charge is 2.18. The third-order valence-corrected chi connectivity index (χ3v) is 3.39. The molecule has 0 aliphatic rings. The molecule has 0 unspecified atom stereocenters. The highest BCUT2D eigenvalue weighted by Crippen LogP contribution is 2.23. The fraction of sp³-hybridized carbons (Fsp3) is 0. The molecular weight excluding hydrogens is 292 g/mol. The summed E-state index contributed by atoms with van der Waals surface area (Å²) in [6.45, 7) is 0. The van der Waals surface area contributed by atoms with Gasteiger partial charge in [0.1, 0.15) is 0 Å². The zero-order chi connectivity index (χ0) is 15.0. The smallest absolute Gasteiger partial charge is 0.271 e. The molecule has 0 N–H and O–H groups in total. The number of hydrogen-bond donors (Lipinski definition) is 0. The number of pyridine rings is 1. The van der Waals surface area contributed by atoms with E-state index in [1.54, 1.807) is 48.5 Å². The summed E-state index contributed by atoms with van der Waals surface area (Å²) in [5.74, 6) is 0. The van der Waals surface area contributed by atoms with Crippen molar-refractivity contribution in [3.05, 3.63) is 80.1 Å². The number of fused-ring (bicyclic) bond motifs is 1. The van der Waals surface area contributed by atoms with Gasteiger partial charge >= 0.3 is 11.2 Å². The Morgan fingerprint density at radius 1 is 1.05 bits per heavy atom. The van der Waals surface area contributed by atoms with Crippen LogP contribution in [0.5, 0.6) is 0 Å². The van der Waals surface area contributed by atoms with Gasteiger partial charge in [-0.15, -0.1) is 0 Å². The van der Waals surface area contributed by atoms with E-state index in [4.69, 9.17) is 11.6 Å². The normalized spacial score (nSPS) is 10.7. The van der Waals surface area contributed by atoms with Gasteiger partial charge in [-0.2, -0.15) is 0 Å². The van der Waals surface area contributed by atoms with E-state index in [2.05, 4.69) is 0 Å². The summed E-state index contributed by atoms with van der Waals surface area (Å²) in [7, 11) is 0. The van der Waals surface area contributed by atoms with E-state index in [0.29, 0.717) is 21.6 Å². The van der Waals surface area contributed by atoms with E-state index in [1.807, 2.05) is 0 Å². The van der Waals surface area contributed by atoms with Crippen molar-refractivity contribution in [1.29, 1.82) is 0 Å². The van der Waals surface area contributed by atoms with Crippen molar-refractivity contribution >= 4 is 28.2 Å². The molecule has 0 spiro atoms. The number of benzene rings is 2. The summed E-state index contributed by atoms with van der Waals surface area (Å²) >= 11 is 5.98. The van der Waals surface area contributed by atoms with Gasteiger partial charge in [0.05, 0.1) is 10.4 Å². The van der Waals surface area contributed by atoms with E-state index < -0.39 is 16.2 Å². The zero-order valence-electron chi connectivity index (χ0n) is 10.7. The average molecular weight is 301 g/mol. The van der Waals surface area contributed by atoms with Crippen LogP contribution in [0.25, 0.3) is 16.6 Å². The molecule has 0 aliphatic heterocycles. The first kappa shape index (κ1) is 13.3. The predicted octanol–water partition coefficient (Wildman–Crippen LogP) is 3.55. The molecule has 0 amide bonds. The lowest BCUT2D eigenvalue weighted by Crippen LogP contribution is -2.21. The molecule has 1 aromatic heterocycles. The number of para-hydroxylation sites is 1. The Morgan fingerprint density at radius 3 is 2.43 bits per heavy atom. The Balaban J connectivity index is 2.50. The van der Waals surface area contributed by atoms with Gasteiger partial charge in [0.2, 0.25) is 0 Å². The minimum absolute atomic E-state index is 0.459. The number of nitrogens with zero attached hydrogens (tertiary/aromatic N) is 2. The first-order valence-electron chi connectivity index (χ1n) is 6.13. The molecule has 0 bridgehead atoms. The van der Waals surface area contributed by atoms with E-state index >= 15 is 0 Å². The summed E-state index contributed by atoms with van der Waals surface area (Å²) in [6, 6.07) is 14.9. The van der Waals surface area contributed by atoms with Crippen molar-refractivity contribution in [2.45, 2.75) is 0 Å². The molecule has 0 aliphatic carbocycles. The van der Waals surface area contributed by atoms with Crippen LogP contribution in [0.4, 0.5) is 5.69 Å². The molecule has 2 aromatic carbocycles. The van der Waals surface area contributed by atoms with E-state index in [-0.39, 0.29) is 0 Å². The molecule has 6 heteroatoms. The maximum absolute atomic E-state index is 12.4. The topological polar surface area (TPSA) is 65.1 Å².